The number of nitrogens with one attached hydrogen (secondary N) is 1. The van der Waals surface area contributed by atoms with Crippen LogP contribution in [0.25, 0.3) is 10.9 Å². The molecule has 4 nitrogen and oxygen atoms in total. The van der Waals surface area contributed by atoms with Gasteiger partial charge in [0, 0.05) is 35.8 Å². The van der Waals surface area contributed by atoms with E-state index in [0.717, 1.165) is 22.0 Å². The van der Waals surface area contributed by atoms with Crippen LogP contribution in [0.1, 0.15) is 16.5 Å². The number of fused-ring (bicyclic) bond motifs is 1. The first-order chi connectivity index (χ1) is 12.5. The summed E-state index contributed by atoms with van der Waals surface area (Å²) < 4.78 is 2.17. The first-order valence-corrected chi connectivity index (χ1v) is 9.86. The minimum absolute atomic E-state index is 0.0314. The van der Waals surface area contributed by atoms with Crippen molar-refractivity contribution >= 4 is 51.8 Å². The minimum Gasteiger partial charge on any atom is -0.480 e. The average molecular weight is 407 g/mol. The number of carbonyl (C=O) groups is 1. The summed E-state index contributed by atoms with van der Waals surface area (Å²) in [5, 5.41) is 14.3. The molecule has 1 saturated heterocycles. The zero-order valence-corrected chi connectivity index (χ0v) is 16.0. The Labute approximate surface area is 165 Å². The van der Waals surface area contributed by atoms with E-state index in [1.165, 1.54) is 11.8 Å². The topological polar surface area (TPSA) is 54.3 Å². The van der Waals surface area contributed by atoms with Gasteiger partial charge < -0.3 is 9.67 Å². The monoisotopic (exact) mass is 406 g/mol. The summed E-state index contributed by atoms with van der Waals surface area (Å²) in [5.41, 5.74) is 3.27. The lowest BCUT2D eigenvalue weighted by molar-refractivity contribution is -0.136. The predicted molar refractivity (Wildman–Crippen MR) is 107 cm³/mol. The normalized spacial score (nSPS) is 19.9. The second-order valence-corrected chi connectivity index (χ2v) is 8.36. The maximum atomic E-state index is 11.3. The van der Waals surface area contributed by atoms with Crippen LogP contribution in [0, 0.1) is 0 Å². The fraction of sp³-hybridized carbons (Fsp3) is 0.211. The minimum atomic E-state index is -0.774. The SMILES string of the molecule is O=C(O)[C@@H]1CN[C@@H](c2cn(Cc3ccc(Cl)c(Cl)c3)c3ccccc23)S1. The maximum Gasteiger partial charge on any atom is 0.318 e. The summed E-state index contributed by atoms with van der Waals surface area (Å²) in [6.45, 7) is 1.13. The van der Waals surface area contributed by atoms with Gasteiger partial charge in [0.2, 0.25) is 0 Å². The summed E-state index contributed by atoms with van der Waals surface area (Å²) in [7, 11) is 0. The Hall–Kier alpha value is -1.66. The number of para-hydroxylation sites is 1. The quantitative estimate of drug-likeness (QED) is 0.654. The molecule has 2 N–H and O–H groups in total. The Morgan fingerprint density at radius 1 is 1.23 bits per heavy atom. The van der Waals surface area contributed by atoms with Crippen LogP contribution in [-0.2, 0) is 11.3 Å². The van der Waals surface area contributed by atoms with E-state index in [0.29, 0.717) is 23.1 Å². The van der Waals surface area contributed by atoms with Crippen LogP contribution >= 0.6 is 35.0 Å². The Bertz CT molecular complexity index is 989. The number of carboxylic acids is 1. The van der Waals surface area contributed by atoms with Crippen molar-refractivity contribution in [3.8, 4) is 0 Å². The Morgan fingerprint density at radius 2 is 2.04 bits per heavy atom. The molecule has 26 heavy (non-hydrogen) atoms. The molecule has 2 heterocycles. The highest BCUT2D eigenvalue weighted by Gasteiger charge is 2.32. The van der Waals surface area contributed by atoms with Gasteiger partial charge in [-0.25, -0.2) is 0 Å². The highest BCUT2D eigenvalue weighted by Crippen LogP contribution is 2.39. The molecule has 7 heteroatoms. The molecule has 0 spiro atoms. The largest absolute Gasteiger partial charge is 0.480 e. The van der Waals surface area contributed by atoms with Gasteiger partial charge in [-0.15, -0.1) is 11.8 Å². The maximum absolute atomic E-state index is 11.3. The number of nitrogens with zero attached hydrogens (tertiary/aromatic N) is 1. The van der Waals surface area contributed by atoms with Crippen LogP contribution < -0.4 is 5.32 Å². The van der Waals surface area contributed by atoms with Crippen LogP contribution in [0.2, 0.25) is 10.0 Å². The van der Waals surface area contributed by atoms with Gasteiger partial charge in [0.1, 0.15) is 5.25 Å². The molecule has 134 valence electrons. The highest BCUT2D eigenvalue weighted by atomic mass is 35.5. The van der Waals surface area contributed by atoms with Crippen molar-refractivity contribution in [2.75, 3.05) is 6.54 Å². The number of halogens is 2. The van der Waals surface area contributed by atoms with Crippen LogP contribution in [0.3, 0.4) is 0 Å². The number of hydrogen-bond donors (Lipinski definition) is 2. The fourth-order valence-corrected chi connectivity index (χ4v) is 4.74. The molecule has 2 atom stereocenters. The standard InChI is InChI=1S/C19H16Cl2N2O2S/c20-14-6-5-11(7-15(14)21)9-23-10-13(12-3-1-2-4-16(12)23)18-22-8-17(26-18)19(24)25/h1-7,10,17-18,22H,8-9H2,(H,24,25)/t17-,18+/m0/s1. The van der Waals surface area contributed by atoms with E-state index in [-0.39, 0.29) is 5.37 Å². The van der Waals surface area contributed by atoms with Gasteiger partial charge in [-0.2, -0.15) is 0 Å². The van der Waals surface area contributed by atoms with Crippen LogP contribution in [0.15, 0.2) is 48.7 Å². The predicted octanol–water partition coefficient (Wildman–Crippen LogP) is 4.78. The van der Waals surface area contributed by atoms with E-state index in [1.807, 2.05) is 24.3 Å². The molecule has 0 amide bonds. The lowest BCUT2D eigenvalue weighted by atomic mass is 10.1. The van der Waals surface area contributed by atoms with Crippen molar-refractivity contribution in [2.24, 2.45) is 0 Å². The molecule has 4 rings (SSSR count). The first kappa shape index (κ1) is 17.7. The van der Waals surface area contributed by atoms with E-state index in [4.69, 9.17) is 23.2 Å². The molecule has 3 aromatic rings. The number of benzene rings is 2. The smallest absolute Gasteiger partial charge is 0.318 e. The van der Waals surface area contributed by atoms with Gasteiger partial charge in [-0.05, 0) is 23.8 Å². The van der Waals surface area contributed by atoms with Crippen molar-refractivity contribution in [2.45, 2.75) is 17.2 Å². The van der Waals surface area contributed by atoms with E-state index in [2.05, 4.69) is 28.2 Å². The Kier molecular flexibility index (Phi) is 4.88. The van der Waals surface area contributed by atoms with Crippen molar-refractivity contribution in [3.63, 3.8) is 0 Å². The zero-order chi connectivity index (χ0) is 18.3. The molecule has 1 aromatic heterocycles. The van der Waals surface area contributed by atoms with E-state index in [9.17, 15) is 9.90 Å². The van der Waals surface area contributed by atoms with Crippen molar-refractivity contribution < 1.29 is 9.90 Å². The zero-order valence-electron chi connectivity index (χ0n) is 13.7. The lowest BCUT2D eigenvalue weighted by Gasteiger charge is -2.08. The van der Waals surface area contributed by atoms with Gasteiger partial charge in [0.15, 0.2) is 0 Å². The third-order valence-electron chi connectivity index (χ3n) is 4.50. The van der Waals surface area contributed by atoms with Gasteiger partial charge in [-0.1, -0.05) is 47.5 Å². The third-order valence-corrected chi connectivity index (χ3v) is 6.63. The van der Waals surface area contributed by atoms with Gasteiger partial charge >= 0.3 is 5.97 Å². The fourth-order valence-electron chi connectivity index (χ4n) is 3.25. The van der Waals surface area contributed by atoms with Gasteiger partial charge in [0.05, 0.1) is 15.4 Å². The molecule has 0 bridgehead atoms. The van der Waals surface area contributed by atoms with E-state index in [1.54, 1.807) is 6.07 Å². The van der Waals surface area contributed by atoms with Crippen molar-refractivity contribution in [1.82, 2.24) is 9.88 Å². The number of aromatic nitrogens is 1. The number of thioether (sulfide) groups is 1. The molecule has 0 saturated carbocycles. The average Bonchev–Trinajstić information content (AvgIpc) is 3.24. The summed E-state index contributed by atoms with van der Waals surface area (Å²) in [6, 6.07) is 13.8. The summed E-state index contributed by atoms with van der Waals surface area (Å²) >= 11 is 13.6. The molecule has 1 aliphatic heterocycles. The summed E-state index contributed by atoms with van der Waals surface area (Å²) in [4.78, 5) is 11.3. The summed E-state index contributed by atoms with van der Waals surface area (Å²) in [5.74, 6) is -0.774. The molecule has 1 fully saturated rings. The van der Waals surface area contributed by atoms with E-state index < -0.39 is 11.2 Å². The Morgan fingerprint density at radius 3 is 2.77 bits per heavy atom. The van der Waals surface area contributed by atoms with Crippen LogP contribution in [0.5, 0.6) is 0 Å². The second-order valence-electron chi connectivity index (χ2n) is 6.23. The molecule has 1 aliphatic rings. The van der Waals surface area contributed by atoms with Crippen LogP contribution in [0.4, 0.5) is 0 Å². The number of rotatable bonds is 4. The molecule has 2 aromatic carbocycles. The molecule has 0 unspecified atom stereocenters. The Balaban J connectivity index is 1.70. The molecule has 0 aliphatic carbocycles. The van der Waals surface area contributed by atoms with Crippen LogP contribution in [-0.4, -0.2) is 27.4 Å². The second kappa shape index (κ2) is 7.16. The van der Waals surface area contributed by atoms with Crippen molar-refractivity contribution in [3.05, 3.63) is 69.8 Å². The number of aliphatic carboxylic acids is 1. The van der Waals surface area contributed by atoms with Crippen molar-refractivity contribution in [1.29, 1.82) is 0 Å². The molecular formula is C19H16Cl2N2O2S. The number of carboxylic acid groups (broad SMARTS) is 1. The number of hydrogen-bond acceptors (Lipinski definition) is 3. The molecular weight excluding hydrogens is 391 g/mol. The van der Waals surface area contributed by atoms with Gasteiger partial charge in [0.25, 0.3) is 0 Å². The van der Waals surface area contributed by atoms with Gasteiger partial charge in [-0.3, -0.25) is 10.1 Å². The van der Waals surface area contributed by atoms with E-state index >= 15 is 0 Å². The third kappa shape index (κ3) is 3.32. The lowest BCUT2D eigenvalue weighted by Crippen LogP contribution is -2.21. The molecule has 0 radical (unpaired) electrons. The first-order valence-electron chi connectivity index (χ1n) is 8.16. The summed E-state index contributed by atoms with van der Waals surface area (Å²) in [6.07, 6.45) is 2.10. The highest BCUT2D eigenvalue weighted by molar-refractivity contribution is 8.01.